The van der Waals surface area contributed by atoms with E-state index < -0.39 is 0 Å². The standard InChI is InChI=1S/C15H16ClN3S/c1-10-11(8-18-19(10)2)7-17-9-14-15(16)12-5-3-4-6-13(12)20-14/h3-6,8,17H,7,9H2,1-2H3. The monoisotopic (exact) mass is 305 g/mol. The average molecular weight is 306 g/mol. The van der Waals surface area contributed by atoms with Crippen LogP contribution < -0.4 is 5.32 Å². The molecule has 3 rings (SSSR count). The Hall–Kier alpha value is -1.36. The van der Waals surface area contributed by atoms with Crippen molar-refractivity contribution in [3.63, 3.8) is 0 Å². The van der Waals surface area contributed by atoms with Gasteiger partial charge in [0.2, 0.25) is 0 Å². The maximum absolute atomic E-state index is 6.43. The van der Waals surface area contributed by atoms with E-state index in [1.54, 1.807) is 11.3 Å². The summed E-state index contributed by atoms with van der Waals surface area (Å²) in [4.78, 5) is 1.19. The largest absolute Gasteiger partial charge is 0.308 e. The predicted molar refractivity (Wildman–Crippen MR) is 85.3 cm³/mol. The van der Waals surface area contributed by atoms with E-state index in [9.17, 15) is 0 Å². The topological polar surface area (TPSA) is 29.9 Å². The lowest BCUT2D eigenvalue weighted by Gasteiger charge is -2.03. The average Bonchev–Trinajstić information content (AvgIpc) is 2.94. The zero-order valence-corrected chi connectivity index (χ0v) is 13.1. The molecule has 0 spiro atoms. The minimum absolute atomic E-state index is 0.784. The van der Waals surface area contributed by atoms with Gasteiger partial charge < -0.3 is 5.32 Å². The Morgan fingerprint density at radius 3 is 2.80 bits per heavy atom. The fourth-order valence-electron chi connectivity index (χ4n) is 2.21. The zero-order chi connectivity index (χ0) is 14.1. The lowest BCUT2D eigenvalue weighted by molar-refractivity contribution is 0.691. The van der Waals surface area contributed by atoms with Crippen molar-refractivity contribution in [3.05, 3.63) is 51.6 Å². The first-order chi connectivity index (χ1) is 9.66. The normalized spacial score (nSPS) is 11.3. The van der Waals surface area contributed by atoms with Gasteiger partial charge in [-0.25, -0.2) is 0 Å². The Morgan fingerprint density at radius 2 is 2.10 bits per heavy atom. The molecule has 0 saturated carbocycles. The Balaban J connectivity index is 1.71. The van der Waals surface area contributed by atoms with Gasteiger partial charge in [-0.05, 0) is 13.0 Å². The fraction of sp³-hybridized carbons (Fsp3) is 0.267. The number of thiophene rings is 1. The fourth-order valence-corrected chi connectivity index (χ4v) is 3.68. The maximum atomic E-state index is 6.43. The Morgan fingerprint density at radius 1 is 1.30 bits per heavy atom. The molecule has 20 heavy (non-hydrogen) atoms. The Bertz CT molecular complexity index is 745. The molecule has 5 heteroatoms. The van der Waals surface area contributed by atoms with Crippen LogP contribution in [-0.2, 0) is 20.1 Å². The number of nitrogens with zero attached hydrogens (tertiary/aromatic N) is 2. The number of hydrogen-bond donors (Lipinski definition) is 1. The van der Waals surface area contributed by atoms with Gasteiger partial charge in [0, 0.05) is 46.4 Å². The van der Waals surface area contributed by atoms with E-state index in [0.29, 0.717) is 0 Å². The van der Waals surface area contributed by atoms with Crippen LogP contribution in [0.25, 0.3) is 10.1 Å². The molecule has 0 aliphatic rings. The number of rotatable bonds is 4. The summed E-state index contributed by atoms with van der Waals surface area (Å²) in [6.45, 7) is 3.67. The van der Waals surface area contributed by atoms with Crippen LogP contribution in [-0.4, -0.2) is 9.78 Å². The number of fused-ring (bicyclic) bond motifs is 1. The summed E-state index contributed by atoms with van der Waals surface area (Å²) in [5.41, 5.74) is 2.42. The molecule has 0 atom stereocenters. The second-order valence-electron chi connectivity index (χ2n) is 4.82. The lowest BCUT2D eigenvalue weighted by Crippen LogP contribution is -2.12. The minimum Gasteiger partial charge on any atom is -0.308 e. The molecule has 2 heterocycles. The summed E-state index contributed by atoms with van der Waals surface area (Å²) in [7, 11) is 1.96. The van der Waals surface area contributed by atoms with Crippen molar-refractivity contribution in [2.75, 3.05) is 0 Å². The van der Waals surface area contributed by atoms with Crippen molar-refractivity contribution in [1.29, 1.82) is 0 Å². The molecular formula is C15H16ClN3S. The van der Waals surface area contributed by atoms with Gasteiger partial charge in [-0.3, -0.25) is 4.68 Å². The van der Waals surface area contributed by atoms with Crippen LogP contribution >= 0.6 is 22.9 Å². The van der Waals surface area contributed by atoms with Gasteiger partial charge >= 0.3 is 0 Å². The van der Waals surface area contributed by atoms with Crippen LogP contribution in [0.2, 0.25) is 5.02 Å². The van der Waals surface area contributed by atoms with Crippen LogP contribution in [0, 0.1) is 6.92 Å². The van der Waals surface area contributed by atoms with Crippen LogP contribution in [0.15, 0.2) is 30.5 Å². The highest BCUT2D eigenvalue weighted by molar-refractivity contribution is 7.19. The van der Waals surface area contributed by atoms with Gasteiger partial charge in [-0.15, -0.1) is 11.3 Å². The third-order valence-corrected chi connectivity index (χ3v) is 5.25. The molecule has 0 bridgehead atoms. The van der Waals surface area contributed by atoms with Crippen LogP contribution in [0.4, 0.5) is 0 Å². The summed E-state index contributed by atoms with van der Waals surface area (Å²) >= 11 is 8.18. The Labute approximate surface area is 127 Å². The Kier molecular flexibility index (Phi) is 3.78. The number of halogens is 1. The molecule has 104 valence electrons. The molecule has 3 aromatic rings. The number of nitrogens with one attached hydrogen (secondary N) is 1. The van der Waals surface area contributed by atoms with Crippen molar-refractivity contribution < 1.29 is 0 Å². The van der Waals surface area contributed by atoms with Crippen LogP contribution in [0.5, 0.6) is 0 Å². The van der Waals surface area contributed by atoms with Crippen LogP contribution in [0.3, 0.4) is 0 Å². The van der Waals surface area contributed by atoms with Crippen molar-refractivity contribution in [2.45, 2.75) is 20.0 Å². The number of hydrogen-bond acceptors (Lipinski definition) is 3. The first-order valence-electron chi connectivity index (χ1n) is 6.51. The van der Waals surface area contributed by atoms with Gasteiger partial charge in [0.15, 0.2) is 0 Å². The number of benzene rings is 1. The number of aryl methyl sites for hydroxylation is 1. The van der Waals surface area contributed by atoms with Crippen molar-refractivity contribution >= 4 is 33.0 Å². The van der Waals surface area contributed by atoms with Crippen molar-refractivity contribution in [3.8, 4) is 0 Å². The maximum Gasteiger partial charge on any atom is 0.0636 e. The molecule has 0 aliphatic heterocycles. The molecule has 3 nitrogen and oxygen atoms in total. The molecule has 0 saturated heterocycles. The van der Waals surface area contributed by atoms with Gasteiger partial charge in [-0.2, -0.15) is 5.10 Å². The molecule has 1 N–H and O–H groups in total. The molecule has 2 aromatic heterocycles. The predicted octanol–water partition coefficient (Wildman–Crippen LogP) is 3.89. The van der Waals surface area contributed by atoms with Gasteiger partial charge in [-0.1, -0.05) is 29.8 Å². The van der Waals surface area contributed by atoms with E-state index in [1.165, 1.54) is 20.8 Å². The smallest absolute Gasteiger partial charge is 0.0636 e. The highest BCUT2D eigenvalue weighted by Crippen LogP contribution is 2.34. The summed E-state index contributed by atoms with van der Waals surface area (Å²) < 4.78 is 3.13. The first kappa shape index (κ1) is 13.6. The SMILES string of the molecule is Cc1c(CNCc2sc3ccccc3c2Cl)cnn1C. The summed E-state index contributed by atoms with van der Waals surface area (Å²) in [5.74, 6) is 0. The summed E-state index contributed by atoms with van der Waals surface area (Å²) in [5, 5.41) is 9.72. The molecule has 0 fully saturated rings. The molecule has 0 aliphatic carbocycles. The third-order valence-electron chi connectivity index (χ3n) is 3.54. The van der Waals surface area contributed by atoms with E-state index in [4.69, 9.17) is 11.6 Å². The van der Waals surface area contributed by atoms with Gasteiger partial charge in [0.1, 0.15) is 0 Å². The zero-order valence-electron chi connectivity index (χ0n) is 11.5. The summed E-state index contributed by atoms with van der Waals surface area (Å²) in [6, 6.07) is 8.26. The van der Waals surface area contributed by atoms with Crippen LogP contribution in [0.1, 0.15) is 16.1 Å². The van der Waals surface area contributed by atoms with E-state index in [1.807, 2.05) is 30.1 Å². The quantitative estimate of drug-likeness (QED) is 0.792. The highest BCUT2D eigenvalue weighted by Gasteiger charge is 2.10. The lowest BCUT2D eigenvalue weighted by atomic mass is 10.2. The molecule has 0 amide bonds. The van der Waals surface area contributed by atoms with E-state index in [2.05, 4.69) is 29.5 Å². The first-order valence-corrected chi connectivity index (χ1v) is 7.70. The molecule has 0 radical (unpaired) electrons. The van der Waals surface area contributed by atoms with Crippen molar-refractivity contribution in [1.82, 2.24) is 15.1 Å². The highest BCUT2D eigenvalue weighted by atomic mass is 35.5. The number of aromatic nitrogens is 2. The third kappa shape index (κ3) is 2.46. The van der Waals surface area contributed by atoms with Gasteiger partial charge in [0.25, 0.3) is 0 Å². The van der Waals surface area contributed by atoms with E-state index in [0.717, 1.165) is 23.5 Å². The minimum atomic E-state index is 0.784. The second kappa shape index (κ2) is 5.56. The van der Waals surface area contributed by atoms with Crippen molar-refractivity contribution in [2.24, 2.45) is 7.05 Å². The summed E-state index contributed by atoms with van der Waals surface area (Å²) in [6.07, 6.45) is 1.91. The van der Waals surface area contributed by atoms with Gasteiger partial charge in [0.05, 0.1) is 11.2 Å². The molecular weight excluding hydrogens is 290 g/mol. The van der Waals surface area contributed by atoms with E-state index in [-0.39, 0.29) is 0 Å². The van der Waals surface area contributed by atoms with E-state index >= 15 is 0 Å². The molecule has 0 unspecified atom stereocenters. The second-order valence-corrected chi connectivity index (χ2v) is 6.33. The molecule has 1 aromatic carbocycles.